The number of hydrogen-bond donors (Lipinski definition) is 2. The Morgan fingerprint density at radius 3 is 2.72 bits per heavy atom. The highest BCUT2D eigenvalue weighted by Crippen LogP contribution is 2.26. The molecule has 1 rings (SSSR count). The number of ether oxygens (including phenoxy) is 1. The Labute approximate surface area is 117 Å². The molecule has 18 heavy (non-hydrogen) atoms. The van der Waals surface area contributed by atoms with Crippen LogP contribution in [0.25, 0.3) is 0 Å². The van der Waals surface area contributed by atoms with Crippen LogP contribution in [0.2, 0.25) is 10.0 Å². The normalized spacial score (nSPS) is 12.0. The Morgan fingerprint density at radius 2 is 2.11 bits per heavy atom. The predicted molar refractivity (Wildman–Crippen MR) is 73.5 cm³/mol. The molecule has 1 aromatic rings. The molecule has 0 saturated carbocycles. The molecule has 4 nitrogen and oxygen atoms in total. The van der Waals surface area contributed by atoms with E-state index < -0.39 is 0 Å². The summed E-state index contributed by atoms with van der Waals surface area (Å²) < 4.78 is 5.29. The fourth-order valence-electron chi connectivity index (χ4n) is 1.14. The third-order valence-electron chi connectivity index (χ3n) is 2.36. The Morgan fingerprint density at radius 1 is 1.39 bits per heavy atom. The Kier molecular flexibility index (Phi) is 6.25. The van der Waals surface area contributed by atoms with Crippen LogP contribution in [0.3, 0.4) is 0 Å². The smallest absolute Gasteiger partial charge is 0.257 e. The van der Waals surface area contributed by atoms with Gasteiger partial charge in [0.05, 0.1) is 10.0 Å². The molecule has 0 aliphatic heterocycles. The second kappa shape index (κ2) is 7.46. The third kappa shape index (κ3) is 5.12. The number of nitrogens with one attached hydrogen (secondary N) is 2. The van der Waals surface area contributed by atoms with Crippen LogP contribution < -0.4 is 15.4 Å². The summed E-state index contributed by atoms with van der Waals surface area (Å²) in [4.78, 5) is 11.5. The standard InChI is InChI=1S/C12H16Cl2N2O2/c1-8(15-2)6-16-12(17)7-18-9-3-4-10(13)11(14)5-9/h3-5,8,15H,6-7H2,1-2H3,(H,16,17). The van der Waals surface area contributed by atoms with E-state index >= 15 is 0 Å². The molecule has 6 heteroatoms. The van der Waals surface area contributed by atoms with Gasteiger partial charge in [0.25, 0.3) is 5.91 Å². The van der Waals surface area contributed by atoms with Gasteiger partial charge in [-0.2, -0.15) is 0 Å². The average molecular weight is 291 g/mol. The predicted octanol–water partition coefficient (Wildman–Crippen LogP) is 2.10. The topological polar surface area (TPSA) is 50.4 Å². The summed E-state index contributed by atoms with van der Waals surface area (Å²) >= 11 is 11.6. The van der Waals surface area contributed by atoms with Crippen LogP contribution in [0.15, 0.2) is 18.2 Å². The molecule has 0 bridgehead atoms. The van der Waals surface area contributed by atoms with Crippen LogP contribution in [0.4, 0.5) is 0 Å². The van der Waals surface area contributed by atoms with Gasteiger partial charge in [-0.3, -0.25) is 4.79 Å². The summed E-state index contributed by atoms with van der Waals surface area (Å²) in [7, 11) is 1.84. The summed E-state index contributed by atoms with van der Waals surface area (Å²) in [5.74, 6) is 0.337. The quantitative estimate of drug-likeness (QED) is 0.844. The zero-order chi connectivity index (χ0) is 13.5. The second-order valence-electron chi connectivity index (χ2n) is 3.86. The molecule has 0 aliphatic carbocycles. The van der Waals surface area contributed by atoms with Crippen LogP contribution in [-0.4, -0.2) is 32.1 Å². The van der Waals surface area contributed by atoms with Crippen molar-refractivity contribution in [1.29, 1.82) is 0 Å². The van der Waals surface area contributed by atoms with E-state index in [0.29, 0.717) is 22.3 Å². The van der Waals surface area contributed by atoms with E-state index in [1.807, 2.05) is 14.0 Å². The van der Waals surface area contributed by atoms with Gasteiger partial charge in [0, 0.05) is 18.7 Å². The number of halogens is 2. The highest BCUT2D eigenvalue weighted by molar-refractivity contribution is 6.42. The number of benzene rings is 1. The Bertz CT molecular complexity index is 413. The largest absolute Gasteiger partial charge is 0.484 e. The van der Waals surface area contributed by atoms with Crippen LogP contribution in [0.1, 0.15) is 6.92 Å². The second-order valence-corrected chi connectivity index (χ2v) is 4.67. The molecule has 1 amide bonds. The minimum atomic E-state index is -0.178. The molecule has 100 valence electrons. The van der Waals surface area contributed by atoms with E-state index in [-0.39, 0.29) is 18.6 Å². The van der Waals surface area contributed by atoms with Crippen LogP contribution >= 0.6 is 23.2 Å². The first-order valence-electron chi connectivity index (χ1n) is 5.54. The van der Waals surface area contributed by atoms with Gasteiger partial charge < -0.3 is 15.4 Å². The monoisotopic (exact) mass is 290 g/mol. The Hall–Kier alpha value is -0.970. The number of amides is 1. The maximum absolute atomic E-state index is 11.5. The van der Waals surface area contributed by atoms with Gasteiger partial charge in [-0.25, -0.2) is 0 Å². The first kappa shape index (κ1) is 15.1. The fraction of sp³-hybridized carbons (Fsp3) is 0.417. The van der Waals surface area contributed by atoms with E-state index in [1.165, 1.54) is 0 Å². The van der Waals surface area contributed by atoms with Crippen LogP contribution in [0, 0.1) is 0 Å². The zero-order valence-electron chi connectivity index (χ0n) is 10.3. The molecule has 0 aliphatic rings. The molecule has 1 unspecified atom stereocenters. The number of rotatable bonds is 6. The SMILES string of the molecule is CNC(C)CNC(=O)COc1ccc(Cl)c(Cl)c1. The molecule has 0 saturated heterocycles. The van der Waals surface area contributed by atoms with Crippen molar-refractivity contribution in [3.8, 4) is 5.75 Å². The van der Waals surface area contributed by atoms with E-state index in [2.05, 4.69) is 10.6 Å². The minimum absolute atomic E-state index is 0.0472. The highest BCUT2D eigenvalue weighted by Gasteiger charge is 2.06. The van der Waals surface area contributed by atoms with Gasteiger partial charge in [0.2, 0.25) is 0 Å². The summed E-state index contributed by atoms with van der Waals surface area (Å²) in [6, 6.07) is 5.09. The van der Waals surface area contributed by atoms with Crippen molar-refractivity contribution >= 4 is 29.1 Å². The molecule has 0 radical (unpaired) electrons. The first-order valence-corrected chi connectivity index (χ1v) is 6.30. The molecule has 1 atom stereocenters. The molecule has 0 fully saturated rings. The lowest BCUT2D eigenvalue weighted by atomic mass is 10.3. The van der Waals surface area contributed by atoms with Gasteiger partial charge in [0.15, 0.2) is 6.61 Å². The lowest BCUT2D eigenvalue weighted by Crippen LogP contribution is -2.39. The van der Waals surface area contributed by atoms with Crippen molar-refractivity contribution in [3.05, 3.63) is 28.2 Å². The van der Waals surface area contributed by atoms with Gasteiger partial charge in [-0.15, -0.1) is 0 Å². The fourth-order valence-corrected chi connectivity index (χ4v) is 1.42. The zero-order valence-corrected chi connectivity index (χ0v) is 11.8. The summed E-state index contributed by atoms with van der Waals surface area (Å²) in [5.41, 5.74) is 0. The molecule has 0 heterocycles. The van der Waals surface area contributed by atoms with Crippen LogP contribution in [-0.2, 0) is 4.79 Å². The molecule has 2 N–H and O–H groups in total. The number of carbonyl (C=O) groups excluding carboxylic acids is 1. The molecular formula is C12H16Cl2N2O2. The molecular weight excluding hydrogens is 275 g/mol. The summed E-state index contributed by atoms with van der Waals surface area (Å²) in [5, 5.41) is 6.62. The van der Waals surface area contributed by atoms with Crippen LogP contribution in [0.5, 0.6) is 5.75 Å². The first-order chi connectivity index (χ1) is 8.52. The molecule has 1 aromatic carbocycles. The van der Waals surface area contributed by atoms with Crippen molar-refractivity contribution in [2.75, 3.05) is 20.2 Å². The maximum Gasteiger partial charge on any atom is 0.257 e. The third-order valence-corrected chi connectivity index (χ3v) is 3.10. The van der Waals surface area contributed by atoms with E-state index in [4.69, 9.17) is 27.9 Å². The summed E-state index contributed by atoms with van der Waals surface area (Å²) in [6.07, 6.45) is 0. The number of likely N-dealkylation sites (N-methyl/N-ethyl adjacent to an activating group) is 1. The van der Waals surface area contributed by atoms with Crippen molar-refractivity contribution in [2.45, 2.75) is 13.0 Å². The lowest BCUT2D eigenvalue weighted by molar-refractivity contribution is -0.123. The van der Waals surface area contributed by atoms with Crippen molar-refractivity contribution in [3.63, 3.8) is 0 Å². The molecule has 0 spiro atoms. The van der Waals surface area contributed by atoms with Gasteiger partial charge in [0.1, 0.15) is 5.75 Å². The van der Waals surface area contributed by atoms with Gasteiger partial charge >= 0.3 is 0 Å². The van der Waals surface area contributed by atoms with Crippen molar-refractivity contribution < 1.29 is 9.53 Å². The summed E-state index contributed by atoms with van der Waals surface area (Å²) in [6.45, 7) is 2.48. The van der Waals surface area contributed by atoms with Gasteiger partial charge in [-0.1, -0.05) is 23.2 Å². The lowest BCUT2D eigenvalue weighted by Gasteiger charge is -2.12. The average Bonchev–Trinajstić information content (AvgIpc) is 2.37. The minimum Gasteiger partial charge on any atom is -0.484 e. The number of carbonyl (C=O) groups is 1. The maximum atomic E-state index is 11.5. The Balaban J connectivity index is 2.36. The number of hydrogen-bond acceptors (Lipinski definition) is 3. The highest BCUT2D eigenvalue weighted by atomic mass is 35.5. The van der Waals surface area contributed by atoms with Crippen molar-refractivity contribution in [2.24, 2.45) is 0 Å². The van der Waals surface area contributed by atoms with E-state index in [1.54, 1.807) is 18.2 Å². The molecule has 0 aromatic heterocycles. The van der Waals surface area contributed by atoms with Gasteiger partial charge in [-0.05, 0) is 26.1 Å². The van der Waals surface area contributed by atoms with E-state index in [0.717, 1.165) is 0 Å². The van der Waals surface area contributed by atoms with E-state index in [9.17, 15) is 4.79 Å². The van der Waals surface area contributed by atoms with Crippen molar-refractivity contribution in [1.82, 2.24) is 10.6 Å².